The lowest BCUT2D eigenvalue weighted by molar-refractivity contribution is -0.112. The second-order valence-corrected chi connectivity index (χ2v) is 8.42. The lowest BCUT2D eigenvalue weighted by Gasteiger charge is -2.04. The van der Waals surface area contributed by atoms with Crippen molar-refractivity contribution in [2.75, 3.05) is 12.9 Å². The molecule has 0 amide bonds. The molecule has 0 saturated heterocycles. The number of carbonyl (C=O) groups is 1. The van der Waals surface area contributed by atoms with E-state index in [1.165, 1.54) is 24.3 Å². The molecule has 6 nitrogen and oxygen atoms in total. The van der Waals surface area contributed by atoms with Gasteiger partial charge in [0.2, 0.25) is 0 Å². The van der Waals surface area contributed by atoms with Gasteiger partial charge in [-0.1, -0.05) is 35.9 Å². The summed E-state index contributed by atoms with van der Waals surface area (Å²) < 4.78 is 30.2. The first-order valence-electron chi connectivity index (χ1n) is 8.19. The van der Waals surface area contributed by atoms with Gasteiger partial charge in [-0.05, 0) is 47.4 Å². The average molecular weight is 418 g/mol. The van der Waals surface area contributed by atoms with Gasteiger partial charge in [0.05, 0.1) is 7.11 Å². The zero-order valence-corrected chi connectivity index (χ0v) is 16.4. The summed E-state index contributed by atoms with van der Waals surface area (Å²) in [6, 6.07) is 12.9. The van der Waals surface area contributed by atoms with Crippen LogP contribution in [-0.4, -0.2) is 32.0 Å². The van der Waals surface area contributed by atoms with E-state index in [4.69, 9.17) is 16.3 Å². The van der Waals surface area contributed by atoms with Crippen molar-refractivity contribution in [2.45, 2.75) is 4.90 Å². The highest BCUT2D eigenvalue weighted by molar-refractivity contribution is 7.92. The summed E-state index contributed by atoms with van der Waals surface area (Å²) in [4.78, 5) is 26.4. The predicted molar refractivity (Wildman–Crippen MR) is 109 cm³/mol. The molecule has 0 aliphatic carbocycles. The van der Waals surface area contributed by atoms with Crippen molar-refractivity contribution in [1.29, 1.82) is 0 Å². The number of aromatic amines is 1. The van der Waals surface area contributed by atoms with Gasteiger partial charge in [0, 0.05) is 10.5 Å². The molecule has 0 unspecified atom stereocenters. The normalized spacial score (nSPS) is 11.8. The number of pyridine rings is 1. The van der Waals surface area contributed by atoms with E-state index in [2.05, 4.69) is 4.98 Å². The molecule has 0 radical (unpaired) electrons. The topological polar surface area (TPSA) is 93.3 Å². The molecule has 8 heteroatoms. The van der Waals surface area contributed by atoms with Gasteiger partial charge in [-0.25, -0.2) is 8.42 Å². The molecule has 144 valence electrons. The van der Waals surface area contributed by atoms with Crippen LogP contribution in [0.5, 0.6) is 5.75 Å². The smallest absolute Gasteiger partial charge is 0.267 e. The van der Waals surface area contributed by atoms with Crippen LogP contribution in [-0.2, 0) is 14.6 Å². The standard InChI is InChI=1S/C20H16ClNO5S/c1-27-17-8-3-13(4-9-17)2-7-16(23)12-28(25,26)19-10-14-5-6-15(21)11-18(14)22-20(19)24/h2-11H,12H2,1H3,(H,22,24)/b7-2+. The quantitative estimate of drug-likeness (QED) is 0.621. The van der Waals surface area contributed by atoms with Crippen LogP contribution in [0.2, 0.25) is 5.02 Å². The lowest BCUT2D eigenvalue weighted by Crippen LogP contribution is -2.22. The number of hydrogen-bond acceptors (Lipinski definition) is 5. The Balaban J connectivity index is 1.82. The molecule has 0 spiro atoms. The maximum Gasteiger partial charge on any atom is 0.267 e. The number of rotatable bonds is 6. The van der Waals surface area contributed by atoms with Gasteiger partial charge < -0.3 is 9.72 Å². The molecule has 3 aromatic rings. The SMILES string of the molecule is COc1ccc(/C=C/C(=O)CS(=O)(=O)c2cc3ccc(Cl)cc3[nH]c2=O)cc1. The van der Waals surface area contributed by atoms with Gasteiger partial charge in [-0.15, -0.1) is 0 Å². The van der Waals surface area contributed by atoms with Crippen LogP contribution < -0.4 is 10.3 Å². The van der Waals surface area contributed by atoms with E-state index in [0.717, 1.165) is 0 Å². The van der Waals surface area contributed by atoms with Crippen LogP contribution in [0.1, 0.15) is 5.56 Å². The third kappa shape index (κ3) is 4.49. The number of carbonyl (C=O) groups excluding carboxylic acids is 1. The number of sulfone groups is 1. The Hall–Kier alpha value is -2.90. The number of methoxy groups -OCH3 is 1. The van der Waals surface area contributed by atoms with E-state index in [1.54, 1.807) is 43.5 Å². The minimum absolute atomic E-state index is 0.414. The molecule has 2 aromatic carbocycles. The summed E-state index contributed by atoms with van der Waals surface area (Å²) in [7, 11) is -2.56. The Morgan fingerprint density at radius 1 is 1.14 bits per heavy atom. The highest BCUT2D eigenvalue weighted by Gasteiger charge is 2.22. The van der Waals surface area contributed by atoms with Crippen LogP contribution in [0.25, 0.3) is 17.0 Å². The predicted octanol–water partition coefficient (Wildman–Crippen LogP) is 3.25. The average Bonchev–Trinajstić information content (AvgIpc) is 2.65. The monoisotopic (exact) mass is 417 g/mol. The van der Waals surface area contributed by atoms with Gasteiger partial charge in [-0.2, -0.15) is 0 Å². The first kappa shape index (κ1) is 19.9. The highest BCUT2D eigenvalue weighted by Crippen LogP contribution is 2.19. The Morgan fingerprint density at radius 3 is 2.54 bits per heavy atom. The van der Waals surface area contributed by atoms with Crippen molar-refractivity contribution >= 4 is 44.2 Å². The fraction of sp³-hybridized carbons (Fsp3) is 0.100. The van der Waals surface area contributed by atoms with Crippen LogP contribution in [0.15, 0.2) is 64.3 Å². The second kappa shape index (κ2) is 8.00. The van der Waals surface area contributed by atoms with E-state index < -0.39 is 31.8 Å². The zero-order valence-electron chi connectivity index (χ0n) is 14.8. The summed E-state index contributed by atoms with van der Waals surface area (Å²) in [6.45, 7) is 0. The molecule has 0 aliphatic rings. The summed E-state index contributed by atoms with van der Waals surface area (Å²) in [5.74, 6) is -0.767. The number of ketones is 1. The molecule has 1 N–H and O–H groups in total. The van der Waals surface area contributed by atoms with Crippen LogP contribution >= 0.6 is 11.6 Å². The third-order valence-corrected chi connectivity index (χ3v) is 5.89. The number of fused-ring (bicyclic) bond motifs is 1. The fourth-order valence-electron chi connectivity index (χ4n) is 2.60. The van der Waals surface area contributed by atoms with E-state index >= 15 is 0 Å². The molecule has 0 aliphatic heterocycles. The summed E-state index contributed by atoms with van der Waals surface area (Å²) in [5, 5.41) is 0.918. The van der Waals surface area contributed by atoms with E-state index in [-0.39, 0.29) is 0 Å². The van der Waals surface area contributed by atoms with Gasteiger partial charge >= 0.3 is 0 Å². The van der Waals surface area contributed by atoms with Crippen molar-refractivity contribution < 1.29 is 17.9 Å². The van der Waals surface area contributed by atoms with Gasteiger partial charge in [0.25, 0.3) is 5.56 Å². The number of nitrogens with one attached hydrogen (secondary N) is 1. The summed E-state index contributed by atoms with van der Waals surface area (Å²) in [5.41, 5.74) is 0.343. The number of allylic oxidation sites excluding steroid dienone is 1. The van der Waals surface area contributed by atoms with Crippen molar-refractivity contribution in [3.05, 3.63) is 75.5 Å². The number of hydrogen-bond donors (Lipinski definition) is 1. The largest absolute Gasteiger partial charge is 0.497 e. The zero-order chi connectivity index (χ0) is 20.3. The molecule has 1 aromatic heterocycles. The Morgan fingerprint density at radius 2 is 1.86 bits per heavy atom. The molecular formula is C20H16ClNO5S. The minimum Gasteiger partial charge on any atom is -0.497 e. The maximum atomic E-state index is 12.6. The molecule has 0 bridgehead atoms. The first-order chi connectivity index (χ1) is 13.3. The summed E-state index contributed by atoms with van der Waals surface area (Å²) in [6.07, 6.45) is 2.68. The molecule has 0 fully saturated rings. The van der Waals surface area contributed by atoms with Crippen molar-refractivity contribution in [1.82, 2.24) is 4.98 Å². The first-order valence-corrected chi connectivity index (χ1v) is 10.2. The molecule has 0 atom stereocenters. The van der Waals surface area contributed by atoms with E-state index in [9.17, 15) is 18.0 Å². The minimum atomic E-state index is -4.10. The molecule has 28 heavy (non-hydrogen) atoms. The van der Waals surface area contributed by atoms with Gasteiger partial charge in [0.1, 0.15) is 16.4 Å². The maximum absolute atomic E-state index is 12.6. The van der Waals surface area contributed by atoms with Gasteiger partial charge in [-0.3, -0.25) is 9.59 Å². The second-order valence-electron chi connectivity index (χ2n) is 6.03. The molecule has 1 heterocycles. The molecule has 3 rings (SSSR count). The van der Waals surface area contributed by atoms with E-state index in [1.807, 2.05) is 0 Å². The van der Waals surface area contributed by atoms with Crippen LogP contribution in [0, 0.1) is 0 Å². The summed E-state index contributed by atoms with van der Waals surface area (Å²) >= 11 is 5.87. The van der Waals surface area contributed by atoms with E-state index in [0.29, 0.717) is 27.2 Å². The van der Waals surface area contributed by atoms with Crippen molar-refractivity contribution in [3.63, 3.8) is 0 Å². The number of halogens is 1. The third-order valence-electron chi connectivity index (χ3n) is 4.02. The molecule has 0 saturated carbocycles. The Kier molecular flexibility index (Phi) is 5.67. The Bertz CT molecular complexity index is 1230. The fourth-order valence-corrected chi connectivity index (χ4v) is 4.04. The molecular weight excluding hydrogens is 402 g/mol. The van der Waals surface area contributed by atoms with Crippen molar-refractivity contribution in [3.8, 4) is 5.75 Å². The lowest BCUT2D eigenvalue weighted by atomic mass is 10.2. The van der Waals surface area contributed by atoms with Gasteiger partial charge in [0.15, 0.2) is 15.6 Å². The number of benzene rings is 2. The number of H-pyrrole nitrogens is 1. The van der Waals surface area contributed by atoms with Crippen molar-refractivity contribution in [2.24, 2.45) is 0 Å². The van der Waals surface area contributed by atoms with Crippen LogP contribution in [0.4, 0.5) is 0 Å². The highest BCUT2D eigenvalue weighted by atomic mass is 35.5. The Labute approximate surface area is 166 Å². The van der Waals surface area contributed by atoms with Crippen LogP contribution in [0.3, 0.4) is 0 Å². The number of aromatic nitrogens is 1. The number of ether oxygens (including phenoxy) is 1.